The highest BCUT2D eigenvalue weighted by molar-refractivity contribution is 6.33. The fraction of sp³-hybridized carbons (Fsp3) is 0.706. The molecular weight excluding hydrogens is 282 g/mol. The van der Waals surface area contributed by atoms with Crippen LogP contribution in [0.4, 0.5) is 5.82 Å². The first-order valence-corrected chi connectivity index (χ1v) is 8.59. The molecule has 1 fully saturated rings. The summed E-state index contributed by atoms with van der Waals surface area (Å²) in [7, 11) is 0. The van der Waals surface area contributed by atoms with Crippen molar-refractivity contribution in [3.8, 4) is 0 Å². The van der Waals surface area contributed by atoms with E-state index in [1.165, 1.54) is 19.3 Å². The van der Waals surface area contributed by atoms with E-state index >= 15 is 0 Å². The van der Waals surface area contributed by atoms with Crippen LogP contribution in [0.25, 0.3) is 0 Å². The van der Waals surface area contributed by atoms with Crippen molar-refractivity contribution >= 4 is 17.4 Å². The molecule has 4 heteroatoms. The third kappa shape index (κ3) is 4.58. The molecule has 21 heavy (non-hydrogen) atoms. The molecule has 118 valence electrons. The van der Waals surface area contributed by atoms with E-state index in [1.54, 1.807) is 0 Å². The predicted molar refractivity (Wildman–Crippen MR) is 91.0 cm³/mol. The Balaban J connectivity index is 2.04. The molecule has 0 spiro atoms. The Kier molecular flexibility index (Phi) is 6.31. The van der Waals surface area contributed by atoms with E-state index in [1.807, 2.05) is 6.20 Å². The summed E-state index contributed by atoms with van der Waals surface area (Å²) in [5.41, 5.74) is 1.15. The van der Waals surface area contributed by atoms with Gasteiger partial charge in [-0.1, -0.05) is 32.4 Å². The van der Waals surface area contributed by atoms with Crippen molar-refractivity contribution < 1.29 is 0 Å². The molecule has 1 aliphatic heterocycles. The van der Waals surface area contributed by atoms with Gasteiger partial charge >= 0.3 is 0 Å². The number of pyridine rings is 1. The first-order chi connectivity index (χ1) is 10.1. The van der Waals surface area contributed by atoms with Gasteiger partial charge in [-0.05, 0) is 49.3 Å². The number of hydrogen-bond acceptors (Lipinski definition) is 3. The molecule has 0 amide bonds. The van der Waals surface area contributed by atoms with Gasteiger partial charge in [0.15, 0.2) is 0 Å². The van der Waals surface area contributed by atoms with Crippen LogP contribution < -0.4 is 10.2 Å². The molecule has 0 aliphatic carbocycles. The quantitative estimate of drug-likeness (QED) is 0.887. The second-order valence-electron chi connectivity index (χ2n) is 6.35. The number of aromatic nitrogens is 1. The van der Waals surface area contributed by atoms with Gasteiger partial charge in [0, 0.05) is 25.8 Å². The van der Waals surface area contributed by atoms with E-state index in [9.17, 15) is 0 Å². The summed E-state index contributed by atoms with van der Waals surface area (Å²) < 4.78 is 0. The van der Waals surface area contributed by atoms with Crippen LogP contribution in [0.1, 0.15) is 45.6 Å². The van der Waals surface area contributed by atoms with Crippen LogP contribution in [0.15, 0.2) is 12.3 Å². The molecular formula is C17H28ClN3. The third-order valence-corrected chi connectivity index (χ3v) is 4.75. The minimum Gasteiger partial charge on any atom is -0.355 e. The second kappa shape index (κ2) is 8.00. The Bertz CT molecular complexity index is 448. The lowest BCUT2D eigenvalue weighted by Gasteiger charge is -2.23. The molecule has 0 aromatic carbocycles. The van der Waals surface area contributed by atoms with Crippen LogP contribution >= 0.6 is 11.6 Å². The van der Waals surface area contributed by atoms with Crippen LogP contribution in [0.2, 0.25) is 5.02 Å². The highest BCUT2D eigenvalue weighted by atomic mass is 35.5. The van der Waals surface area contributed by atoms with Crippen LogP contribution in [-0.4, -0.2) is 24.6 Å². The number of anilines is 1. The lowest BCUT2D eigenvalue weighted by Crippen LogP contribution is -2.26. The van der Waals surface area contributed by atoms with Crippen LogP contribution in [0, 0.1) is 11.8 Å². The molecule has 0 bridgehead atoms. The van der Waals surface area contributed by atoms with Gasteiger partial charge in [0.25, 0.3) is 0 Å². The molecule has 1 unspecified atom stereocenters. The molecule has 1 aromatic heterocycles. The number of nitrogens with zero attached hydrogens (tertiary/aromatic N) is 2. The van der Waals surface area contributed by atoms with Crippen molar-refractivity contribution in [3.05, 3.63) is 22.8 Å². The minimum atomic E-state index is 0.774. The van der Waals surface area contributed by atoms with Gasteiger partial charge in [-0.2, -0.15) is 0 Å². The maximum absolute atomic E-state index is 6.46. The minimum absolute atomic E-state index is 0.774. The van der Waals surface area contributed by atoms with Gasteiger partial charge < -0.3 is 10.2 Å². The Morgan fingerprint density at radius 2 is 2.19 bits per heavy atom. The van der Waals surface area contributed by atoms with E-state index in [4.69, 9.17) is 11.6 Å². The summed E-state index contributed by atoms with van der Waals surface area (Å²) in [6.45, 7) is 10.7. The van der Waals surface area contributed by atoms with Crippen LogP contribution in [-0.2, 0) is 6.54 Å². The number of rotatable bonds is 5. The number of nitrogens with one attached hydrogen (secondary N) is 1. The van der Waals surface area contributed by atoms with Crippen molar-refractivity contribution in [3.63, 3.8) is 0 Å². The summed E-state index contributed by atoms with van der Waals surface area (Å²) in [6.07, 6.45) is 5.76. The SMILES string of the molecule is CCNCc1cnc(N2CCCC(C(C)C)CC2)c(Cl)c1. The molecule has 0 saturated carbocycles. The van der Waals surface area contributed by atoms with E-state index in [0.717, 1.165) is 54.4 Å². The van der Waals surface area contributed by atoms with E-state index < -0.39 is 0 Å². The highest BCUT2D eigenvalue weighted by Gasteiger charge is 2.21. The summed E-state index contributed by atoms with van der Waals surface area (Å²) in [6, 6.07) is 2.05. The molecule has 2 heterocycles. The Morgan fingerprint density at radius 3 is 2.86 bits per heavy atom. The summed E-state index contributed by atoms with van der Waals surface area (Å²) in [5.74, 6) is 2.57. The smallest absolute Gasteiger partial charge is 0.147 e. The van der Waals surface area contributed by atoms with Crippen LogP contribution in [0.5, 0.6) is 0 Å². The molecule has 1 saturated heterocycles. The fourth-order valence-corrected chi connectivity index (χ4v) is 3.38. The highest BCUT2D eigenvalue weighted by Crippen LogP contribution is 2.30. The second-order valence-corrected chi connectivity index (χ2v) is 6.76. The Labute approximate surface area is 134 Å². The van der Waals surface area contributed by atoms with Gasteiger partial charge in [0.1, 0.15) is 5.82 Å². The maximum atomic E-state index is 6.46. The Morgan fingerprint density at radius 1 is 1.38 bits per heavy atom. The number of hydrogen-bond donors (Lipinski definition) is 1. The van der Waals surface area contributed by atoms with Crippen LogP contribution in [0.3, 0.4) is 0 Å². The summed E-state index contributed by atoms with van der Waals surface area (Å²) in [4.78, 5) is 6.98. The number of halogens is 1. The van der Waals surface area contributed by atoms with Gasteiger partial charge in [-0.15, -0.1) is 0 Å². The van der Waals surface area contributed by atoms with Crippen molar-refractivity contribution in [1.82, 2.24) is 10.3 Å². The standard InChI is InChI=1S/C17H28ClN3/c1-4-19-11-14-10-16(18)17(20-12-14)21-8-5-6-15(7-9-21)13(2)3/h10,12-13,15,19H,4-9,11H2,1-3H3. The van der Waals surface area contributed by atoms with E-state index in [-0.39, 0.29) is 0 Å². The molecule has 2 rings (SSSR count). The van der Waals surface area contributed by atoms with Gasteiger partial charge in [-0.3, -0.25) is 0 Å². The maximum Gasteiger partial charge on any atom is 0.147 e. The van der Waals surface area contributed by atoms with Gasteiger partial charge in [0.2, 0.25) is 0 Å². The molecule has 3 nitrogen and oxygen atoms in total. The largest absolute Gasteiger partial charge is 0.355 e. The Hall–Kier alpha value is -0.800. The molecule has 0 radical (unpaired) electrons. The van der Waals surface area contributed by atoms with Crippen molar-refractivity contribution in [2.45, 2.75) is 46.6 Å². The average molecular weight is 310 g/mol. The van der Waals surface area contributed by atoms with Gasteiger partial charge in [0.05, 0.1) is 5.02 Å². The third-order valence-electron chi connectivity index (χ3n) is 4.47. The summed E-state index contributed by atoms with van der Waals surface area (Å²) >= 11 is 6.46. The van der Waals surface area contributed by atoms with Crippen molar-refractivity contribution in [1.29, 1.82) is 0 Å². The lowest BCUT2D eigenvalue weighted by molar-refractivity contribution is 0.351. The van der Waals surface area contributed by atoms with E-state index in [0.29, 0.717) is 0 Å². The van der Waals surface area contributed by atoms with Gasteiger partial charge in [-0.25, -0.2) is 4.98 Å². The monoisotopic (exact) mass is 309 g/mol. The predicted octanol–water partition coefficient (Wildman–Crippen LogP) is 4.11. The average Bonchev–Trinajstić information content (AvgIpc) is 2.71. The van der Waals surface area contributed by atoms with Crippen molar-refractivity contribution in [2.24, 2.45) is 11.8 Å². The fourth-order valence-electron chi connectivity index (χ4n) is 3.07. The normalized spacial score (nSPS) is 19.9. The zero-order valence-electron chi connectivity index (χ0n) is 13.5. The molecule has 1 atom stereocenters. The zero-order valence-corrected chi connectivity index (χ0v) is 14.3. The summed E-state index contributed by atoms with van der Waals surface area (Å²) in [5, 5.41) is 4.09. The zero-order chi connectivity index (χ0) is 15.2. The lowest BCUT2D eigenvalue weighted by atomic mass is 9.89. The van der Waals surface area contributed by atoms with Crippen molar-refractivity contribution in [2.75, 3.05) is 24.5 Å². The molecule has 1 aliphatic rings. The molecule has 1 aromatic rings. The molecule has 1 N–H and O–H groups in total. The van der Waals surface area contributed by atoms with E-state index in [2.05, 4.69) is 42.0 Å². The first-order valence-electron chi connectivity index (χ1n) is 8.22. The first kappa shape index (κ1) is 16.6. The topological polar surface area (TPSA) is 28.2 Å².